The highest BCUT2D eigenvalue weighted by atomic mass is 32.1. The molecule has 0 fully saturated rings. The minimum absolute atomic E-state index is 0.229. The molecule has 0 spiro atoms. The highest BCUT2D eigenvalue weighted by Crippen LogP contribution is 2.30. The molecule has 0 unspecified atom stereocenters. The van der Waals surface area contributed by atoms with E-state index in [1.54, 1.807) is 37.5 Å². The third-order valence-electron chi connectivity index (χ3n) is 4.40. The summed E-state index contributed by atoms with van der Waals surface area (Å²) in [6, 6.07) is 12.9. The average Bonchev–Trinajstić information content (AvgIpc) is 3.26. The normalized spacial score (nSPS) is 10.6. The zero-order valence-corrected chi connectivity index (χ0v) is 17.0. The molecule has 0 saturated heterocycles. The number of hydrogen-bond acceptors (Lipinski definition) is 4. The largest absolute Gasteiger partial charge is 0.493 e. The first kappa shape index (κ1) is 20.8. The summed E-state index contributed by atoms with van der Waals surface area (Å²) in [6.07, 6.45) is 0. The van der Waals surface area contributed by atoms with Crippen molar-refractivity contribution in [2.24, 2.45) is 0 Å². The Morgan fingerprint density at radius 2 is 1.93 bits per heavy atom. The molecular formula is C22H21F2NO3S. The van der Waals surface area contributed by atoms with Crippen molar-refractivity contribution in [3.8, 4) is 11.5 Å². The number of hydrogen-bond donors (Lipinski definition) is 0. The van der Waals surface area contributed by atoms with Crippen molar-refractivity contribution in [3.63, 3.8) is 0 Å². The van der Waals surface area contributed by atoms with Crippen LogP contribution in [-0.4, -0.2) is 24.5 Å². The number of carbonyl (C=O) groups is 1. The van der Waals surface area contributed by atoms with Gasteiger partial charge in [-0.05, 0) is 48.2 Å². The van der Waals surface area contributed by atoms with Crippen LogP contribution < -0.4 is 9.47 Å². The fourth-order valence-corrected chi connectivity index (χ4v) is 3.48. The van der Waals surface area contributed by atoms with Gasteiger partial charge in [0.15, 0.2) is 23.1 Å². The van der Waals surface area contributed by atoms with E-state index >= 15 is 0 Å². The van der Waals surface area contributed by atoms with Crippen LogP contribution in [0.5, 0.6) is 11.5 Å². The van der Waals surface area contributed by atoms with Gasteiger partial charge in [-0.15, -0.1) is 11.3 Å². The molecule has 0 aliphatic heterocycles. The lowest BCUT2D eigenvalue weighted by Gasteiger charge is -2.22. The lowest BCUT2D eigenvalue weighted by molar-refractivity contribution is 0.0746. The van der Waals surface area contributed by atoms with Crippen LogP contribution in [0.15, 0.2) is 53.9 Å². The molecule has 0 aliphatic rings. The van der Waals surface area contributed by atoms with Crippen LogP contribution in [0.1, 0.15) is 27.7 Å². The molecule has 0 radical (unpaired) electrons. The van der Waals surface area contributed by atoms with Crippen LogP contribution in [0, 0.1) is 11.6 Å². The van der Waals surface area contributed by atoms with E-state index in [2.05, 4.69) is 0 Å². The zero-order valence-electron chi connectivity index (χ0n) is 16.2. The van der Waals surface area contributed by atoms with Crippen LogP contribution in [0.2, 0.25) is 0 Å². The maximum Gasteiger partial charge on any atom is 0.257 e. The second-order valence-electron chi connectivity index (χ2n) is 6.27. The summed E-state index contributed by atoms with van der Waals surface area (Å²) in [5.74, 6) is -1.61. The highest BCUT2D eigenvalue weighted by molar-refractivity contribution is 7.09. The third kappa shape index (κ3) is 4.92. The molecular weight excluding hydrogens is 396 g/mol. The Balaban J connectivity index is 1.75. The summed E-state index contributed by atoms with van der Waals surface area (Å²) in [6.45, 7) is 2.79. The van der Waals surface area contributed by atoms with Gasteiger partial charge in [0.2, 0.25) is 0 Å². The third-order valence-corrected chi connectivity index (χ3v) is 5.25. The number of rotatable bonds is 8. The van der Waals surface area contributed by atoms with E-state index < -0.39 is 17.5 Å². The highest BCUT2D eigenvalue weighted by Gasteiger charge is 2.21. The minimum Gasteiger partial charge on any atom is -0.493 e. The summed E-state index contributed by atoms with van der Waals surface area (Å²) in [5.41, 5.74) is 0.507. The Morgan fingerprint density at radius 1 is 1.10 bits per heavy atom. The monoisotopic (exact) mass is 417 g/mol. The van der Waals surface area contributed by atoms with Crippen LogP contribution in [0.3, 0.4) is 0 Å². The Labute approximate surface area is 172 Å². The number of carbonyl (C=O) groups excluding carboxylic acids is 1. The molecule has 29 heavy (non-hydrogen) atoms. The smallest absolute Gasteiger partial charge is 0.257 e. The molecule has 1 aromatic heterocycles. The molecule has 0 saturated carbocycles. The molecule has 0 aliphatic carbocycles. The van der Waals surface area contributed by atoms with E-state index in [1.165, 1.54) is 17.0 Å². The molecule has 3 rings (SSSR count). The minimum atomic E-state index is -1.13. The SMILES string of the molecule is CCN(Cc1ccc(OCc2cccs2)c(OC)c1)C(=O)c1cccc(F)c1F. The van der Waals surface area contributed by atoms with Gasteiger partial charge < -0.3 is 14.4 Å². The van der Waals surface area contributed by atoms with Gasteiger partial charge in [-0.2, -0.15) is 0 Å². The Kier molecular flexibility index (Phi) is 6.82. The summed E-state index contributed by atoms with van der Waals surface area (Å²) in [4.78, 5) is 15.2. The molecule has 0 bridgehead atoms. The summed E-state index contributed by atoms with van der Waals surface area (Å²) < 4.78 is 38.7. The quantitative estimate of drug-likeness (QED) is 0.501. The molecule has 3 aromatic rings. The van der Waals surface area contributed by atoms with Gasteiger partial charge in [-0.3, -0.25) is 4.79 Å². The van der Waals surface area contributed by atoms with Crippen molar-refractivity contribution < 1.29 is 23.0 Å². The summed E-state index contributed by atoms with van der Waals surface area (Å²) >= 11 is 1.61. The Hall–Kier alpha value is -2.93. The van der Waals surface area contributed by atoms with Crippen LogP contribution >= 0.6 is 11.3 Å². The summed E-state index contributed by atoms with van der Waals surface area (Å²) in [5, 5.41) is 1.98. The fourth-order valence-electron chi connectivity index (χ4n) is 2.86. The molecule has 4 nitrogen and oxygen atoms in total. The van der Waals surface area contributed by atoms with E-state index in [9.17, 15) is 13.6 Å². The number of ether oxygens (including phenoxy) is 2. The topological polar surface area (TPSA) is 38.8 Å². The van der Waals surface area contributed by atoms with Gasteiger partial charge in [-0.1, -0.05) is 18.2 Å². The molecule has 0 N–H and O–H groups in total. The number of nitrogens with zero attached hydrogens (tertiary/aromatic N) is 1. The van der Waals surface area contributed by atoms with Crippen LogP contribution in [-0.2, 0) is 13.2 Å². The fraction of sp³-hybridized carbons (Fsp3) is 0.227. The average molecular weight is 417 g/mol. The predicted octanol–water partition coefficient (Wildman–Crippen LogP) is 5.28. The van der Waals surface area contributed by atoms with Gasteiger partial charge in [0.25, 0.3) is 5.91 Å². The predicted molar refractivity (Wildman–Crippen MR) is 108 cm³/mol. The lowest BCUT2D eigenvalue weighted by atomic mass is 10.1. The van der Waals surface area contributed by atoms with Gasteiger partial charge in [0.05, 0.1) is 12.7 Å². The van der Waals surface area contributed by atoms with Gasteiger partial charge >= 0.3 is 0 Å². The van der Waals surface area contributed by atoms with E-state index in [-0.39, 0.29) is 12.1 Å². The van der Waals surface area contributed by atoms with Crippen molar-refractivity contribution in [3.05, 3.63) is 81.5 Å². The molecule has 1 heterocycles. The first-order valence-corrected chi connectivity index (χ1v) is 9.96. The van der Waals surface area contributed by atoms with Crippen molar-refractivity contribution in [2.75, 3.05) is 13.7 Å². The maximum absolute atomic E-state index is 14.0. The Morgan fingerprint density at radius 3 is 2.62 bits per heavy atom. The van der Waals surface area contributed by atoms with Crippen molar-refractivity contribution in [2.45, 2.75) is 20.1 Å². The van der Waals surface area contributed by atoms with Gasteiger partial charge in [0, 0.05) is 18.0 Å². The molecule has 0 atom stereocenters. The first-order chi connectivity index (χ1) is 14.0. The summed E-state index contributed by atoms with van der Waals surface area (Å²) in [7, 11) is 1.54. The molecule has 1 amide bonds. The van der Waals surface area contributed by atoms with E-state index in [0.717, 1.165) is 16.5 Å². The van der Waals surface area contributed by atoms with Crippen molar-refractivity contribution in [1.82, 2.24) is 4.90 Å². The van der Waals surface area contributed by atoms with Gasteiger partial charge in [0.1, 0.15) is 6.61 Å². The number of benzene rings is 2. The second kappa shape index (κ2) is 9.52. The number of methoxy groups -OCH3 is 1. The van der Waals surface area contributed by atoms with Crippen LogP contribution in [0.25, 0.3) is 0 Å². The van der Waals surface area contributed by atoms with E-state index in [1.807, 2.05) is 23.6 Å². The zero-order chi connectivity index (χ0) is 20.8. The second-order valence-corrected chi connectivity index (χ2v) is 7.31. The van der Waals surface area contributed by atoms with E-state index in [0.29, 0.717) is 24.7 Å². The molecule has 152 valence electrons. The lowest BCUT2D eigenvalue weighted by Crippen LogP contribution is -2.31. The number of halogens is 2. The van der Waals surface area contributed by atoms with Crippen molar-refractivity contribution in [1.29, 1.82) is 0 Å². The standard InChI is InChI=1S/C22H21F2NO3S/c1-3-25(22(26)17-7-4-8-18(23)21(17)24)13-15-9-10-19(20(12-15)27-2)28-14-16-6-5-11-29-16/h4-12H,3,13-14H2,1-2H3. The van der Waals surface area contributed by atoms with Gasteiger partial charge in [-0.25, -0.2) is 8.78 Å². The van der Waals surface area contributed by atoms with Crippen LogP contribution in [0.4, 0.5) is 8.78 Å². The first-order valence-electron chi connectivity index (χ1n) is 9.08. The van der Waals surface area contributed by atoms with Crippen molar-refractivity contribution >= 4 is 17.2 Å². The molecule has 7 heteroatoms. The molecule has 2 aromatic carbocycles. The number of thiophene rings is 1. The number of amides is 1. The Bertz CT molecular complexity index is 976. The maximum atomic E-state index is 14.0. The van der Waals surface area contributed by atoms with E-state index in [4.69, 9.17) is 9.47 Å².